The van der Waals surface area contributed by atoms with E-state index < -0.39 is 0 Å². The highest BCUT2D eigenvalue weighted by molar-refractivity contribution is 5.80. The van der Waals surface area contributed by atoms with Crippen LogP contribution in [0.2, 0.25) is 0 Å². The second kappa shape index (κ2) is 8.65. The first-order valence-electron chi connectivity index (χ1n) is 8.72. The molecular formula is C16H29N7O. The number of hydrogen-bond acceptors (Lipinski definition) is 4. The number of fused-ring (bicyclic) bond motifs is 1. The predicted molar refractivity (Wildman–Crippen MR) is 93.8 cm³/mol. The standard InChI is InChI=1S/C16H29N7O/c1-5-17-16(19-9-8-18-15(24)11(2)3)21-13-6-7-14-20-12(4)22-23(14)10-13/h11,13H,5-10H2,1-4H3,(H,18,24)(H2,17,19,21). The number of guanidine groups is 1. The number of nitrogens with zero attached hydrogens (tertiary/aromatic N) is 4. The highest BCUT2D eigenvalue weighted by Crippen LogP contribution is 2.12. The first kappa shape index (κ1) is 18.2. The Morgan fingerprint density at radius 2 is 2.21 bits per heavy atom. The molecule has 1 atom stereocenters. The number of aromatic nitrogens is 3. The quantitative estimate of drug-likeness (QED) is 0.393. The topological polar surface area (TPSA) is 96.2 Å². The Labute approximate surface area is 143 Å². The Morgan fingerprint density at radius 3 is 2.92 bits per heavy atom. The van der Waals surface area contributed by atoms with Crippen molar-refractivity contribution in [3.8, 4) is 0 Å². The van der Waals surface area contributed by atoms with Crippen molar-refractivity contribution in [3.05, 3.63) is 11.6 Å². The van der Waals surface area contributed by atoms with Crippen molar-refractivity contribution in [1.29, 1.82) is 0 Å². The lowest BCUT2D eigenvalue weighted by atomic mass is 10.1. The fourth-order valence-corrected chi connectivity index (χ4v) is 2.62. The molecule has 0 radical (unpaired) electrons. The van der Waals surface area contributed by atoms with Crippen LogP contribution in [0.5, 0.6) is 0 Å². The zero-order valence-electron chi connectivity index (χ0n) is 15.1. The molecule has 3 N–H and O–H groups in total. The lowest BCUT2D eigenvalue weighted by molar-refractivity contribution is -0.123. The van der Waals surface area contributed by atoms with Crippen LogP contribution >= 0.6 is 0 Å². The number of aliphatic imine (C=N–C) groups is 1. The van der Waals surface area contributed by atoms with Crippen LogP contribution in [0.1, 0.15) is 38.8 Å². The maximum absolute atomic E-state index is 11.5. The lowest BCUT2D eigenvalue weighted by Gasteiger charge is -2.25. The van der Waals surface area contributed by atoms with Crippen LogP contribution in [0.15, 0.2) is 4.99 Å². The molecule has 2 heterocycles. The fraction of sp³-hybridized carbons (Fsp3) is 0.750. The smallest absolute Gasteiger partial charge is 0.222 e. The van der Waals surface area contributed by atoms with Gasteiger partial charge in [0.25, 0.3) is 0 Å². The molecule has 1 aromatic rings. The van der Waals surface area contributed by atoms with E-state index in [1.807, 2.05) is 32.4 Å². The molecule has 0 spiro atoms. The molecule has 1 aromatic heterocycles. The third kappa shape index (κ3) is 5.21. The van der Waals surface area contributed by atoms with Crippen molar-refractivity contribution in [3.63, 3.8) is 0 Å². The zero-order chi connectivity index (χ0) is 17.5. The minimum Gasteiger partial charge on any atom is -0.357 e. The van der Waals surface area contributed by atoms with Gasteiger partial charge in [0.2, 0.25) is 5.91 Å². The summed E-state index contributed by atoms with van der Waals surface area (Å²) in [6.45, 7) is 10.4. The molecule has 0 saturated carbocycles. The highest BCUT2D eigenvalue weighted by Gasteiger charge is 2.21. The summed E-state index contributed by atoms with van der Waals surface area (Å²) in [5.74, 6) is 2.73. The summed E-state index contributed by atoms with van der Waals surface area (Å²) in [6.07, 6.45) is 1.93. The third-order valence-electron chi connectivity index (χ3n) is 3.85. The third-order valence-corrected chi connectivity index (χ3v) is 3.85. The van der Waals surface area contributed by atoms with E-state index in [0.29, 0.717) is 13.1 Å². The summed E-state index contributed by atoms with van der Waals surface area (Å²) < 4.78 is 1.98. The number of aryl methyl sites for hydroxylation is 2. The predicted octanol–water partition coefficient (Wildman–Crippen LogP) is 0.229. The number of rotatable bonds is 6. The first-order valence-corrected chi connectivity index (χ1v) is 8.72. The van der Waals surface area contributed by atoms with Crippen LogP contribution in [0.3, 0.4) is 0 Å². The second-order valence-corrected chi connectivity index (χ2v) is 6.34. The molecule has 1 aliphatic rings. The molecule has 0 fully saturated rings. The molecule has 1 amide bonds. The van der Waals surface area contributed by atoms with E-state index in [1.165, 1.54) is 0 Å². The van der Waals surface area contributed by atoms with Crippen molar-refractivity contribution in [2.75, 3.05) is 19.6 Å². The number of amides is 1. The number of carbonyl (C=O) groups is 1. The molecule has 0 bridgehead atoms. The Hall–Kier alpha value is -2.12. The van der Waals surface area contributed by atoms with Crippen LogP contribution in [0.4, 0.5) is 0 Å². The zero-order valence-corrected chi connectivity index (χ0v) is 15.1. The Balaban J connectivity index is 1.84. The van der Waals surface area contributed by atoms with E-state index >= 15 is 0 Å². The van der Waals surface area contributed by atoms with Gasteiger partial charge in [0.05, 0.1) is 13.1 Å². The van der Waals surface area contributed by atoms with Crippen molar-refractivity contribution in [1.82, 2.24) is 30.7 Å². The van der Waals surface area contributed by atoms with E-state index in [9.17, 15) is 4.79 Å². The number of carbonyl (C=O) groups excluding carboxylic acids is 1. The lowest BCUT2D eigenvalue weighted by Crippen LogP contribution is -2.47. The summed E-state index contributed by atoms with van der Waals surface area (Å²) in [4.78, 5) is 20.5. The Kier molecular flexibility index (Phi) is 6.57. The minimum atomic E-state index is 0.00270. The van der Waals surface area contributed by atoms with Gasteiger partial charge in [-0.15, -0.1) is 0 Å². The van der Waals surface area contributed by atoms with Gasteiger partial charge in [-0.2, -0.15) is 5.10 Å². The molecule has 0 aromatic carbocycles. The molecule has 134 valence electrons. The van der Waals surface area contributed by atoms with Crippen molar-refractivity contribution < 1.29 is 4.79 Å². The van der Waals surface area contributed by atoms with Crippen LogP contribution in [-0.2, 0) is 17.8 Å². The molecule has 0 aliphatic carbocycles. The van der Waals surface area contributed by atoms with Gasteiger partial charge >= 0.3 is 0 Å². The summed E-state index contributed by atoms with van der Waals surface area (Å²) in [5.41, 5.74) is 0. The normalized spacial score (nSPS) is 17.5. The van der Waals surface area contributed by atoms with Crippen LogP contribution in [0, 0.1) is 12.8 Å². The summed E-state index contributed by atoms with van der Waals surface area (Å²) >= 11 is 0. The van der Waals surface area contributed by atoms with Gasteiger partial charge in [0.1, 0.15) is 11.6 Å². The van der Waals surface area contributed by atoms with Crippen molar-refractivity contribution >= 4 is 11.9 Å². The van der Waals surface area contributed by atoms with Gasteiger partial charge in [-0.05, 0) is 20.3 Å². The average molecular weight is 335 g/mol. The monoisotopic (exact) mass is 335 g/mol. The van der Waals surface area contributed by atoms with E-state index in [1.54, 1.807) is 0 Å². The molecular weight excluding hydrogens is 306 g/mol. The molecule has 24 heavy (non-hydrogen) atoms. The molecule has 1 aliphatic heterocycles. The second-order valence-electron chi connectivity index (χ2n) is 6.34. The summed E-state index contributed by atoms with van der Waals surface area (Å²) in [6, 6.07) is 0.279. The highest BCUT2D eigenvalue weighted by atomic mass is 16.1. The number of nitrogens with one attached hydrogen (secondary N) is 3. The van der Waals surface area contributed by atoms with Gasteiger partial charge in [-0.3, -0.25) is 9.79 Å². The van der Waals surface area contributed by atoms with Crippen LogP contribution in [0.25, 0.3) is 0 Å². The van der Waals surface area contributed by atoms with Crippen LogP contribution < -0.4 is 16.0 Å². The van der Waals surface area contributed by atoms with Gasteiger partial charge in [-0.25, -0.2) is 9.67 Å². The van der Waals surface area contributed by atoms with Crippen molar-refractivity contribution in [2.24, 2.45) is 10.9 Å². The van der Waals surface area contributed by atoms with Crippen LogP contribution in [-0.4, -0.2) is 52.3 Å². The first-order chi connectivity index (χ1) is 11.5. The van der Waals surface area contributed by atoms with Gasteiger partial charge in [0, 0.05) is 31.5 Å². The van der Waals surface area contributed by atoms with Gasteiger partial charge in [0.15, 0.2) is 5.96 Å². The van der Waals surface area contributed by atoms with E-state index in [4.69, 9.17) is 0 Å². The molecule has 2 rings (SSSR count). The SMILES string of the molecule is CCNC(=NCCNC(=O)C(C)C)NC1CCc2nc(C)nn2C1. The number of hydrogen-bond donors (Lipinski definition) is 3. The van der Waals surface area contributed by atoms with E-state index in [0.717, 1.165) is 43.5 Å². The van der Waals surface area contributed by atoms with Crippen molar-refractivity contribution in [2.45, 2.75) is 53.1 Å². The molecule has 0 saturated heterocycles. The minimum absolute atomic E-state index is 0.00270. The van der Waals surface area contributed by atoms with Gasteiger partial charge < -0.3 is 16.0 Å². The maximum Gasteiger partial charge on any atom is 0.222 e. The molecule has 1 unspecified atom stereocenters. The Bertz CT molecular complexity index is 579. The fourth-order valence-electron chi connectivity index (χ4n) is 2.62. The molecule has 8 nitrogen and oxygen atoms in total. The van der Waals surface area contributed by atoms with Gasteiger partial charge in [-0.1, -0.05) is 13.8 Å². The summed E-state index contributed by atoms with van der Waals surface area (Å²) in [7, 11) is 0. The Morgan fingerprint density at radius 1 is 1.42 bits per heavy atom. The maximum atomic E-state index is 11.5. The van der Waals surface area contributed by atoms with E-state index in [-0.39, 0.29) is 17.9 Å². The van der Waals surface area contributed by atoms with E-state index in [2.05, 4.69) is 31.0 Å². The molecule has 8 heteroatoms. The summed E-state index contributed by atoms with van der Waals surface area (Å²) in [5, 5.41) is 14.0. The average Bonchev–Trinajstić information content (AvgIpc) is 2.90. The largest absolute Gasteiger partial charge is 0.357 e.